The largest absolute Gasteiger partial charge is 0.497 e. The van der Waals surface area contributed by atoms with E-state index in [9.17, 15) is 10.1 Å². The van der Waals surface area contributed by atoms with Gasteiger partial charge in [0, 0.05) is 60.9 Å². The first-order valence-corrected chi connectivity index (χ1v) is 10.6. The third kappa shape index (κ3) is 5.98. The number of nitrogens with one attached hydrogen (secondary N) is 2. The van der Waals surface area contributed by atoms with Gasteiger partial charge < -0.3 is 20.1 Å². The van der Waals surface area contributed by atoms with Crippen molar-refractivity contribution in [2.24, 2.45) is 0 Å². The van der Waals surface area contributed by atoms with Gasteiger partial charge in [0.2, 0.25) is 0 Å². The Hall–Kier alpha value is -3.53. The standard InChI is InChI=1S/C21H23N5O4S/c1-29-18-8-16(9-19(10-18)30-2)22-12-15-13-24-21(31-3)25-20(15)23-11-14-5-4-6-17(7-14)26(27)28/h4-10,13,22H,11-12H2,1-3H3,(H,23,24,25). The van der Waals surface area contributed by atoms with Crippen molar-refractivity contribution in [2.45, 2.75) is 18.2 Å². The van der Waals surface area contributed by atoms with Gasteiger partial charge in [0.1, 0.15) is 17.3 Å². The molecule has 0 aliphatic carbocycles. The van der Waals surface area contributed by atoms with E-state index in [0.717, 1.165) is 16.8 Å². The molecular formula is C21H23N5O4S. The topological polar surface area (TPSA) is 111 Å². The van der Waals surface area contributed by atoms with Crippen LogP contribution in [0.1, 0.15) is 11.1 Å². The number of nitro groups is 1. The van der Waals surface area contributed by atoms with Crippen molar-refractivity contribution in [3.05, 3.63) is 69.9 Å². The smallest absolute Gasteiger partial charge is 0.269 e. The molecule has 3 aromatic rings. The second-order valence-electron chi connectivity index (χ2n) is 6.47. The van der Waals surface area contributed by atoms with Crippen LogP contribution in [0.4, 0.5) is 17.2 Å². The van der Waals surface area contributed by atoms with Crippen molar-refractivity contribution in [3.63, 3.8) is 0 Å². The minimum absolute atomic E-state index is 0.0562. The molecule has 0 spiro atoms. The fourth-order valence-electron chi connectivity index (χ4n) is 2.84. The maximum absolute atomic E-state index is 11.0. The number of methoxy groups -OCH3 is 2. The summed E-state index contributed by atoms with van der Waals surface area (Å²) in [5, 5.41) is 18.3. The number of hydrogen-bond acceptors (Lipinski definition) is 9. The SMILES string of the molecule is COc1cc(NCc2cnc(SC)nc2NCc2cccc([N+](=O)[O-])c2)cc(OC)c1. The lowest BCUT2D eigenvalue weighted by atomic mass is 10.2. The highest BCUT2D eigenvalue weighted by atomic mass is 32.2. The van der Waals surface area contributed by atoms with Crippen molar-refractivity contribution in [1.29, 1.82) is 0 Å². The lowest BCUT2D eigenvalue weighted by molar-refractivity contribution is -0.384. The number of nitrogens with zero attached hydrogens (tertiary/aromatic N) is 3. The van der Waals surface area contributed by atoms with Gasteiger partial charge in [-0.15, -0.1) is 0 Å². The predicted molar refractivity (Wildman–Crippen MR) is 121 cm³/mol. The quantitative estimate of drug-likeness (QED) is 0.205. The summed E-state index contributed by atoms with van der Waals surface area (Å²) >= 11 is 1.44. The highest BCUT2D eigenvalue weighted by Crippen LogP contribution is 2.27. The lowest BCUT2D eigenvalue weighted by Crippen LogP contribution is -2.09. The number of rotatable bonds is 10. The molecule has 0 fully saturated rings. The Morgan fingerprint density at radius 2 is 1.81 bits per heavy atom. The summed E-state index contributed by atoms with van der Waals surface area (Å²) in [4.78, 5) is 19.5. The van der Waals surface area contributed by atoms with Crippen LogP contribution in [0.15, 0.2) is 53.8 Å². The summed E-state index contributed by atoms with van der Waals surface area (Å²) in [6.07, 6.45) is 3.67. The number of thioether (sulfide) groups is 1. The summed E-state index contributed by atoms with van der Waals surface area (Å²) in [6, 6.07) is 12.1. The van der Waals surface area contributed by atoms with E-state index >= 15 is 0 Å². The molecular weight excluding hydrogens is 418 g/mol. The van der Waals surface area contributed by atoms with E-state index in [1.54, 1.807) is 38.6 Å². The van der Waals surface area contributed by atoms with Gasteiger partial charge in [-0.25, -0.2) is 9.97 Å². The first-order chi connectivity index (χ1) is 15.0. The molecule has 3 rings (SSSR count). The number of nitro benzene ring substituents is 1. The van der Waals surface area contributed by atoms with Gasteiger partial charge in [-0.2, -0.15) is 0 Å². The lowest BCUT2D eigenvalue weighted by Gasteiger charge is -2.14. The molecule has 1 heterocycles. The average molecular weight is 442 g/mol. The number of non-ortho nitro benzene ring substituents is 1. The van der Waals surface area contributed by atoms with Crippen LogP contribution in [0.2, 0.25) is 0 Å². The molecule has 0 saturated heterocycles. The number of ether oxygens (including phenoxy) is 2. The molecule has 0 unspecified atom stereocenters. The van der Waals surface area contributed by atoms with Gasteiger partial charge in [0.15, 0.2) is 5.16 Å². The van der Waals surface area contributed by atoms with E-state index in [1.165, 1.54) is 17.8 Å². The summed E-state index contributed by atoms with van der Waals surface area (Å²) in [5.41, 5.74) is 2.52. The third-order valence-electron chi connectivity index (χ3n) is 4.44. The highest BCUT2D eigenvalue weighted by molar-refractivity contribution is 7.98. The van der Waals surface area contributed by atoms with Gasteiger partial charge in [-0.1, -0.05) is 23.9 Å². The first kappa shape index (κ1) is 22.2. The van der Waals surface area contributed by atoms with Gasteiger partial charge in [0.25, 0.3) is 5.69 Å². The minimum atomic E-state index is -0.405. The van der Waals surface area contributed by atoms with E-state index in [-0.39, 0.29) is 5.69 Å². The summed E-state index contributed by atoms with van der Waals surface area (Å²) in [6.45, 7) is 0.856. The molecule has 2 N–H and O–H groups in total. The molecule has 10 heteroatoms. The van der Waals surface area contributed by atoms with Crippen LogP contribution < -0.4 is 20.1 Å². The zero-order valence-electron chi connectivity index (χ0n) is 17.4. The summed E-state index contributed by atoms with van der Waals surface area (Å²) in [7, 11) is 3.20. The maximum atomic E-state index is 11.0. The van der Waals surface area contributed by atoms with Gasteiger partial charge in [-0.05, 0) is 11.8 Å². The van der Waals surface area contributed by atoms with Crippen molar-refractivity contribution >= 4 is 29.0 Å². The normalized spacial score (nSPS) is 10.4. The van der Waals surface area contributed by atoms with E-state index in [1.807, 2.05) is 24.5 Å². The van der Waals surface area contributed by atoms with E-state index in [2.05, 4.69) is 20.6 Å². The second-order valence-corrected chi connectivity index (χ2v) is 7.24. The Labute approximate surface area is 184 Å². The van der Waals surface area contributed by atoms with Gasteiger partial charge in [-0.3, -0.25) is 10.1 Å². The highest BCUT2D eigenvalue weighted by Gasteiger charge is 2.10. The van der Waals surface area contributed by atoms with E-state index < -0.39 is 4.92 Å². The molecule has 0 amide bonds. The summed E-state index contributed by atoms with van der Waals surface area (Å²) < 4.78 is 10.6. The number of benzene rings is 2. The van der Waals surface area contributed by atoms with Crippen LogP contribution in [0.25, 0.3) is 0 Å². The van der Waals surface area contributed by atoms with Crippen LogP contribution in [0, 0.1) is 10.1 Å². The van der Waals surface area contributed by atoms with Crippen LogP contribution in [-0.4, -0.2) is 35.4 Å². The maximum Gasteiger partial charge on any atom is 0.269 e. The second kappa shape index (κ2) is 10.5. The molecule has 1 aromatic heterocycles. The Kier molecular flexibility index (Phi) is 7.50. The Bertz CT molecular complexity index is 1040. The molecule has 0 bridgehead atoms. The predicted octanol–water partition coefficient (Wildman–Crippen LogP) is 4.35. The molecule has 0 atom stereocenters. The van der Waals surface area contributed by atoms with Gasteiger partial charge >= 0.3 is 0 Å². The zero-order valence-corrected chi connectivity index (χ0v) is 18.2. The Morgan fingerprint density at radius 1 is 1.06 bits per heavy atom. The number of hydrogen-bond donors (Lipinski definition) is 2. The van der Waals surface area contributed by atoms with Crippen molar-refractivity contribution in [1.82, 2.24) is 9.97 Å². The van der Waals surface area contributed by atoms with Crippen LogP contribution in [0.5, 0.6) is 11.5 Å². The molecule has 162 valence electrons. The third-order valence-corrected chi connectivity index (χ3v) is 5.00. The zero-order chi connectivity index (χ0) is 22.2. The van der Waals surface area contributed by atoms with E-state index in [4.69, 9.17) is 9.47 Å². The van der Waals surface area contributed by atoms with Crippen molar-refractivity contribution < 1.29 is 14.4 Å². The summed E-state index contributed by atoms with van der Waals surface area (Å²) in [5.74, 6) is 2.02. The molecule has 9 nitrogen and oxygen atoms in total. The van der Waals surface area contributed by atoms with Crippen LogP contribution in [0.3, 0.4) is 0 Å². The minimum Gasteiger partial charge on any atom is -0.497 e. The number of anilines is 2. The van der Waals surface area contributed by atoms with Crippen molar-refractivity contribution in [3.8, 4) is 11.5 Å². The average Bonchev–Trinajstić information content (AvgIpc) is 2.81. The van der Waals surface area contributed by atoms with Crippen LogP contribution in [-0.2, 0) is 13.1 Å². The fraction of sp³-hybridized carbons (Fsp3) is 0.238. The molecule has 31 heavy (non-hydrogen) atoms. The first-order valence-electron chi connectivity index (χ1n) is 9.36. The van der Waals surface area contributed by atoms with Gasteiger partial charge in [0.05, 0.1) is 19.1 Å². The Balaban J connectivity index is 1.77. The van der Waals surface area contributed by atoms with Crippen molar-refractivity contribution in [2.75, 3.05) is 31.1 Å². The van der Waals surface area contributed by atoms with Crippen LogP contribution >= 0.6 is 11.8 Å². The molecule has 0 aliphatic rings. The molecule has 0 aliphatic heterocycles. The molecule has 2 aromatic carbocycles. The van der Waals surface area contributed by atoms with E-state index in [0.29, 0.717) is 35.6 Å². The molecule has 0 saturated carbocycles. The number of aromatic nitrogens is 2. The molecule has 0 radical (unpaired) electrons. The fourth-order valence-corrected chi connectivity index (χ4v) is 3.18. The Morgan fingerprint density at radius 3 is 2.45 bits per heavy atom. The monoisotopic (exact) mass is 441 g/mol.